The summed E-state index contributed by atoms with van der Waals surface area (Å²) >= 11 is 9.21. The summed E-state index contributed by atoms with van der Waals surface area (Å²) in [6.07, 6.45) is -0.819. The average molecular weight is 365 g/mol. The molecule has 0 spiro atoms. The van der Waals surface area contributed by atoms with Gasteiger partial charge in [0, 0.05) is 15.1 Å². The smallest absolute Gasteiger partial charge is 0.408 e. The van der Waals surface area contributed by atoms with Gasteiger partial charge in [-0.2, -0.15) is 0 Å². The van der Waals surface area contributed by atoms with Gasteiger partial charge in [0.2, 0.25) is 0 Å². The zero-order valence-corrected chi connectivity index (χ0v) is 13.6. The summed E-state index contributed by atoms with van der Waals surface area (Å²) in [5.41, 5.74) is -0.437. The van der Waals surface area contributed by atoms with E-state index in [0.29, 0.717) is 4.47 Å². The third kappa shape index (κ3) is 5.02. The lowest BCUT2D eigenvalue weighted by Crippen LogP contribution is -2.38. The van der Waals surface area contributed by atoms with E-state index in [2.05, 4.69) is 21.2 Å². The van der Waals surface area contributed by atoms with E-state index in [4.69, 9.17) is 16.3 Å². The van der Waals surface area contributed by atoms with Crippen LogP contribution in [0.25, 0.3) is 0 Å². The van der Waals surface area contributed by atoms with Crippen molar-refractivity contribution in [3.05, 3.63) is 33.3 Å². The van der Waals surface area contributed by atoms with Crippen molar-refractivity contribution in [1.29, 1.82) is 0 Å². The van der Waals surface area contributed by atoms with Crippen LogP contribution in [0.1, 0.15) is 32.4 Å². The number of carbonyl (C=O) groups is 2. The van der Waals surface area contributed by atoms with Gasteiger partial charge in [0.05, 0.1) is 0 Å². The number of carbonyl (C=O) groups excluding carboxylic acids is 1. The van der Waals surface area contributed by atoms with Crippen molar-refractivity contribution in [3.63, 3.8) is 0 Å². The normalized spacial score (nSPS) is 12.7. The number of alkyl carbamates (subject to hydrolysis) is 1. The van der Waals surface area contributed by atoms with E-state index in [-0.39, 0.29) is 10.6 Å². The number of nitrogens with one attached hydrogen (secondary N) is 1. The highest BCUT2D eigenvalue weighted by molar-refractivity contribution is 9.10. The predicted molar refractivity (Wildman–Crippen MR) is 78.9 cm³/mol. The van der Waals surface area contributed by atoms with Gasteiger partial charge >= 0.3 is 12.1 Å². The van der Waals surface area contributed by atoms with Gasteiger partial charge < -0.3 is 15.2 Å². The number of ether oxygens (including phenoxy) is 1. The number of hydrogen-bond acceptors (Lipinski definition) is 3. The van der Waals surface area contributed by atoms with E-state index >= 15 is 0 Å². The lowest BCUT2D eigenvalue weighted by atomic mass is 10.1. The van der Waals surface area contributed by atoms with Crippen LogP contribution in [0.15, 0.2) is 22.7 Å². The fourth-order valence-electron chi connectivity index (χ4n) is 1.43. The van der Waals surface area contributed by atoms with Crippen LogP contribution < -0.4 is 5.32 Å². The number of carboxylic acid groups (broad SMARTS) is 1. The van der Waals surface area contributed by atoms with Gasteiger partial charge in [-0.3, -0.25) is 0 Å². The Kier molecular flexibility index (Phi) is 5.42. The monoisotopic (exact) mass is 363 g/mol. The van der Waals surface area contributed by atoms with Gasteiger partial charge in [0.25, 0.3) is 0 Å². The molecule has 0 heterocycles. The number of halogens is 2. The quantitative estimate of drug-likeness (QED) is 0.856. The second-order valence-corrected chi connectivity index (χ2v) is 6.41. The molecule has 110 valence electrons. The Balaban J connectivity index is 2.98. The van der Waals surface area contributed by atoms with Crippen molar-refractivity contribution in [3.8, 4) is 0 Å². The Bertz CT molecular complexity index is 528. The topological polar surface area (TPSA) is 75.6 Å². The maximum absolute atomic E-state index is 11.7. The van der Waals surface area contributed by atoms with Crippen LogP contribution in [0.3, 0.4) is 0 Å². The molecule has 20 heavy (non-hydrogen) atoms. The number of benzene rings is 1. The minimum atomic E-state index is -1.28. The van der Waals surface area contributed by atoms with Crippen LogP contribution in [-0.4, -0.2) is 22.8 Å². The Morgan fingerprint density at radius 2 is 2.00 bits per heavy atom. The molecule has 0 aliphatic rings. The molecule has 1 amide bonds. The number of aliphatic carboxylic acids is 1. The molecule has 1 aromatic rings. The maximum atomic E-state index is 11.7. The van der Waals surface area contributed by atoms with Crippen molar-refractivity contribution in [2.24, 2.45) is 0 Å². The largest absolute Gasteiger partial charge is 0.479 e. The van der Waals surface area contributed by atoms with Crippen LogP contribution in [-0.2, 0) is 9.53 Å². The van der Waals surface area contributed by atoms with Crippen molar-refractivity contribution in [1.82, 2.24) is 5.32 Å². The zero-order chi connectivity index (χ0) is 15.5. The molecule has 0 aliphatic heterocycles. The molecule has 5 nitrogen and oxygen atoms in total. The number of hydrogen-bond donors (Lipinski definition) is 2. The molecule has 0 bridgehead atoms. The number of carboxylic acids is 1. The molecule has 0 aromatic heterocycles. The summed E-state index contributed by atoms with van der Waals surface area (Å²) in [5, 5.41) is 11.8. The lowest BCUT2D eigenvalue weighted by Gasteiger charge is -2.22. The fraction of sp³-hybridized carbons (Fsp3) is 0.385. The van der Waals surface area contributed by atoms with Gasteiger partial charge in [-0.05, 0) is 39.0 Å². The summed E-state index contributed by atoms with van der Waals surface area (Å²) in [4.78, 5) is 23.0. The van der Waals surface area contributed by atoms with E-state index in [1.807, 2.05) is 0 Å². The second kappa shape index (κ2) is 6.45. The van der Waals surface area contributed by atoms with Gasteiger partial charge in [0.1, 0.15) is 5.60 Å². The van der Waals surface area contributed by atoms with Crippen LogP contribution in [0.5, 0.6) is 0 Å². The molecular formula is C13H15BrClNO4. The van der Waals surface area contributed by atoms with E-state index < -0.39 is 23.7 Å². The van der Waals surface area contributed by atoms with Crippen molar-refractivity contribution in [2.45, 2.75) is 32.4 Å². The van der Waals surface area contributed by atoms with Crippen LogP contribution in [0.4, 0.5) is 4.79 Å². The lowest BCUT2D eigenvalue weighted by molar-refractivity contribution is -0.139. The minimum Gasteiger partial charge on any atom is -0.479 e. The number of rotatable bonds is 3. The Morgan fingerprint density at radius 1 is 1.40 bits per heavy atom. The van der Waals surface area contributed by atoms with E-state index in [0.717, 1.165) is 0 Å². The van der Waals surface area contributed by atoms with E-state index in [1.54, 1.807) is 39.0 Å². The van der Waals surface area contributed by atoms with Crippen LogP contribution in [0, 0.1) is 0 Å². The molecule has 0 fully saturated rings. The molecule has 7 heteroatoms. The fourth-order valence-corrected chi connectivity index (χ4v) is 2.04. The molecule has 0 saturated carbocycles. The first kappa shape index (κ1) is 16.8. The van der Waals surface area contributed by atoms with Crippen molar-refractivity contribution < 1.29 is 19.4 Å². The third-order valence-electron chi connectivity index (χ3n) is 2.18. The first-order valence-electron chi connectivity index (χ1n) is 5.77. The Morgan fingerprint density at radius 3 is 2.50 bits per heavy atom. The highest BCUT2D eigenvalue weighted by Crippen LogP contribution is 2.27. The van der Waals surface area contributed by atoms with E-state index in [1.165, 1.54) is 0 Å². The number of amides is 1. The molecule has 1 aromatic carbocycles. The zero-order valence-electron chi connectivity index (χ0n) is 11.2. The Hall–Kier alpha value is -1.27. The third-order valence-corrected chi connectivity index (χ3v) is 3.01. The van der Waals surface area contributed by atoms with Crippen molar-refractivity contribution >= 4 is 39.6 Å². The predicted octanol–water partition coefficient (Wildman–Crippen LogP) is 3.75. The summed E-state index contributed by atoms with van der Waals surface area (Å²) in [7, 11) is 0. The SMILES string of the molecule is CC(C)(C)OC(=O)NC(C(=O)O)c1cc(Br)ccc1Cl. The van der Waals surface area contributed by atoms with E-state index in [9.17, 15) is 14.7 Å². The molecule has 0 radical (unpaired) electrons. The molecule has 0 aliphatic carbocycles. The molecule has 2 N–H and O–H groups in total. The highest BCUT2D eigenvalue weighted by Gasteiger charge is 2.27. The molecule has 0 saturated heterocycles. The minimum absolute atomic E-state index is 0.247. The highest BCUT2D eigenvalue weighted by atomic mass is 79.9. The first-order valence-corrected chi connectivity index (χ1v) is 6.94. The average Bonchev–Trinajstić information content (AvgIpc) is 2.27. The maximum Gasteiger partial charge on any atom is 0.408 e. The first-order chi connectivity index (χ1) is 9.10. The van der Waals surface area contributed by atoms with Gasteiger partial charge in [0.15, 0.2) is 6.04 Å². The summed E-state index contributed by atoms with van der Waals surface area (Å²) < 4.78 is 5.70. The molecule has 1 atom stereocenters. The molecular weight excluding hydrogens is 350 g/mol. The van der Waals surface area contributed by atoms with Gasteiger partial charge in [-0.15, -0.1) is 0 Å². The Labute approximate surface area is 130 Å². The van der Waals surface area contributed by atoms with Gasteiger partial charge in [-0.25, -0.2) is 9.59 Å². The molecule has 1 unspecified atom stereocenters. The molecule has 1 rings (SSSR count). The summed E-state index contributed by atoms with van der Waals surface area (Å²) in [6, 6.07) is 3.49. The standard InChI is InChI=1S/C13H15BrClNO4/c1-13(2,3)20-12(19)16-10(11(17)18)8-6-7(14)4-5-9(8)15/h4-6,10H,1-3H3,(H,16,19)(H,17,18). The summed E-state index contributed by atoms with van der Waals surface area (Å²) in [5.74, 6) is -1.23. The van der Waals surface area contributed by atoms with Crippen LogP contribution >= 0.6 is 27.5 Å². The van der Waals surface area contributed by atoms with Gasteiger partial charge in [-0.1, -0.05) is 27.5 Å². The van der Waals surface area contributed by atoms with Crippen LogP contribution in [0.2, 0.25) is 5.02 Å². The van der Waals surface area contributed by atoms with Crippen molar-refractivity contribution in [2.75, 3.05) is 0 Å². The second-order valence-electron chi connectivity index (χ2n) is 5.08. The summed E-state index contributed by atoms with van der Waals surface area (Å²) in [6.45, 7) is 5.07.